The molecule has 0 spiro atoms. The van der Waals surface area contributed by atoms with E-state index < -0.39 is 6.10 Å². The number of rotatable bonds is 5. The lowest BCUT2D eigenvalue weighted by atomic mass is 10.2. The molecule has 1 aromatic heterocycles. The Kier molecular flexibility index (Phi) is 4.76. The summed E-state index contributed by atoms with van der Waals surface area (Å²) in [5.41, 5.74) is 0.839. The SMILES string of the molecule is CCn1ncc(Br)c1C(O)CNC(C)C. The third kappa shape index (κ3) is 3.29. The molecule has 4 nitrogen and oxygen atoms in total. The van der Waals surface area contributed by atoms with Crippen LogP contribution in [0.1, 0.15) is 32.6 Å². The van der Waals surface area contributed by atoms with Gasteiger partial charge in [0.25, 0.3) is 0 Å². The number of nitrogens with zero attached hydrogens (tertiary/aromatic N) is 2. The van der Waals surface area contributed by atoms with Crippen LogP contribution in [-0.4, -0.2) is 27.5 Å². The van der Waals surface area contributed by atoms with Gasteiger partial charge >= 0.3 is 0 Å². The predicted molar refractivity (Wildman–Crippen MR) is 63.7 cm³/mol. The summed E-state index contributed by atoms with van der Waals surface area (Å²) in [6.07, 6.45) is 1.20. The summed E-state index contributed by atoms with van der Waals surface area (Å²) < 4.78 is 2.67. The normalized spacial score (nSPS) is 13.5. The van der Waals surface area contributed by atoms with Gasteiger partial charge < -0.3 is 10.4 Å². The van der Waals surface area contributed by atoms with Crippen LogP contribution < -0.4 is 5.32 Å². The molecule has 0 amide bonds. The molecule has 15 heavy (non-hydrogen) atoms. The van der Waals surface area contributed by atoms with Crippen molar-refractivity contribution in [2.24, 2.45) is 0 Å². The van der Waals surface area contributed by atoms with Gasteiger partial charge in [-0.15, -0.1) is 0 Å². The van der Waals surface area contributed by atoms with Gasteiger partial charge in [0.2, 0.25) is 0 Å². The zero-order chi connectivity index (χ0) is 11.4. The molecule has 0 fully saturated rings. The molecule has 2 N–H and O–H groups in total. The molecule has 0 aliphatic carbocycles. The standard InChI is InChI=1S/C10H18BrN3O/c1-4-14-10(8(11)5-13-14)9(15)6-12-7(2)3/h5,7,9,12,15H,4,6H2,1-3H3. The Morgan fingerprint density at radius 2 is 2.27 bits per heavy atom. The van der Waals surface area contributed by atoms with Gasteiger partial charge in [0.05, 0.1) is 16.4 Å². The van der Waals surface area contributed by atoms with Crippen molar-refractivity contribution in [3.05, 3.63) is 16.4 Å². The minimum atomic E-state index is -0.524. The highest BCUT2D eigenvalue weighted by atomic mass is 79.9. The van der Waals surface area contributed by atoms with Crippen molar-refractivity contribution in [3.8, 4) is 0 Å². The molecule has 0 radical (unpaired) electrons. The van der Waals surface area contributed by atoms with Crippen LogP contribution in [0.4, 0.5) is 0 Å². The smallest absolute Gasteiger partial charge is 0.109 e. The van der Waals surface area contributed by atoms with Crippen LogP contribution >= 0.6 is 15.9 Å². The van der Waals surface area contributed by atoms with E-state index in [1.54, 1.807) is 10.9 Å². The molecule has 5 heteroatoms. The topological polar surface area (TPSA) is 50.1 Å². The molecule has 0 saturated heterocycles. The molecule has 0 aliphatic heterocycles. The van der Waals surface area contributed by atoms with Crippen LogP contribution in [0.2, 0.25) is 0 Å². The molecule has 0 aliphatic rings. The van der Waals surface area contributed by atoms with Crippen molar-refractivity contribution < 1.29 is 5.11 Å². The number of hydrogen-bond acceptors (Lipinski definition) is 3. The maximum Gasteiger partial charge on any atom is 0.109 e. The van der Waals surface area contributed by atoms with Crippen molar-refractivity contribution in [2.45, 2.75) is 39.5 Å². The van der Waals surface area contributed by atoms with Crippen molar-refractivity contribution in [1.82, 2.24) is 15.1 Å². The molecule has 86 valence electrons. The number of aliphatic hydroxyl groups excluding tert-OH is 1. The molecular weight excluding hydrogens is 258 g/mol. The minimum Gasteiger partial charge on any atom is -0.385 e. The van der Waals surface area contributed by atoms with Crippen LogP contribution in [-0.2, 0) is 6.54 Å². The lowest BCUT2D eigenvalue weighted by Gasteiger charge is -2.15. The number of hydrogen-bond donors (Lipinski definition) is 2. The first-order valence-electron chi connectivity index (χ1n) is 5.18. The molecule has 1 heterocycles. The fourth-order valence-corrected chi connectivity index (χ4v) is 1.96. The van der Waals surface area contributed by atoms with E-state index in [-0.39, 0.29) is 0 Å². The highest BCUT2D eigenvalue weighted by Gasteiger charge is 2.16. The minimum absolute atomic E-state index is 0.372. The third-order valence-electron chi connectivity index (χ3n) is 2.17. The first-order chi connectivity index (χ1) is 7.06. The number of nitrogens with one attached hydrogen (secondary N) is 1. The number of aromatic nitrogens is 2. The van der Waals surface area contributed by atoms with Gasteiger partial charge in [-0.2, -0.15) is 5.10 Å². The Labute approximate surface area is 98.8 Å². The summed E-state index contributed by atoms with van der Waals surface area (Å²) in [7, 11) is 0. The summed E-state index contributed by atoms with van der Waals surface area (Å²) in [6, 6.07) is 0.372. The lowest BCUT2D eigenvalue weighted by Crippen LogP contribution is -2.29. The van der Waals surface area contributed by atoms with Crippen molar-refractivity contribution in [2.75, 3.05) is 6.54 Å². The van der Waals surface area contributed by atoms with Gasteiger partial charge in [-0.1, -0.05) is 13.8 Å². The molecule has 0 saturated carbocycles. The van der Waals surface area contributed by atoms with Gasteiger partial charge in [-0.3, -0.25) is 4.68 Å². The van der Waals surface area contributed by atoms with Crippen LogP contribution in [0.25, 0.3) is 0 Å². The molecule has 1 aromatic rings. The quantitative estimate of drug-likeness (QED) is 0.860. The molecule has 0 aromatic carbocycles. The monoisotopic (exact) mass is 275 g/mol. The fourth-order valence-electron chi connectivity index (χ4n) is 1.40. The summed E-state index contributed by atoms with van der Waals surface area (Å²) >= 11 is 3.39. The van der Waals surface area contributed by atoms with Crippen molar-refractivity contribution in [1.29, 1.82) is 0 Å². The van der Waals surface area contributed by atoms with Crippen LogP contribution in [0, 0.1) is 0 Å². The van der Waals surface area contributed by atoms with E-state index in [2.05, 4.69) is 40.2 Å². The highest BCUT2D eigenvalue weighted by molar-refractivity contribution is 9.10. The molecule has 1 rings (SSSR count). The predicted octanol–water partition coefficient (Wildman–Crippen LogP) is 1.70. The van der Waals surface area contributed by atoms with E-state index in [1.807, 2.05) is 6.92 Å². The maximum absolute atomic E-state index is 10.00. The fraction of sp³-hybridized carbons (Fsp3) is 0.700. The van der Waals surface area contributed by atoms with E-state index in [4.69, 9.17) is 0 Å². The van der Waals surface area contributed by atoms with E-state index in [0.29, 0.717) is 12.6 Å². The van der Waals surface area contributed by atoms with Gasteiger partial charge in [0.15, 0.2) is 0 Å². The van der Waals surface area contributed by atoms with Crippen LogP contribution in [0.3, 0.4) is 0 Å². The molecule has 1 unspecified atom stereocenters. The summed E-state index contributed by atoms with van der Waals surface area (Å²) in [5, 5.41) is 17.4. The number of aliphatic hydroxyl groups is 1. The van der Waals surface area contributed by atoms with Crippen LogP contribution in [0.5, 0.6) is 0 Å². The van der Waals surface area contributed by atoms with Gasteiger partial charge in [0.1, 0.15) is 6.10 Å². The Bertz CT molecular complexity index is 312. The van der Waals surface area contributed by atoms with E-state index in [0.717, 1.165) is 16.7 Å². The van der Waals surface area contributed by atoms with E-state index >= 15 is 0 Å². The van der Waals surface area contributed by atoms with E-state index in [1.165, 1.54) is 0 Å². The second kappa shape index (κ2) is 5.63. The summed E-state index contributed by atoms with van der Waals surface area (Å²) in [6.45, 7) is 7.42. The Morgan fingerprint density at radius 1 is 1.60 bits per heavy atom. The van der Waals surface area contributed by atoms with E-state index in [9.17, 15) is 5.11 Å². The Balaban J connectivity index is 2.71. The van der Waals surface area contributed by atoms with Crippen molar-refractivity contribution >= 4 is 15.9 Å². The first kappa shape index (κ1) is 12.7. The maximum atomic E-state index is 10.00. The first-order valence-corrected chi connectivity index (χ1v) is 5.98. The van der Waals surface area contributed by atoms with Gasteiger partial charge in [-0.05, 0) is 22.9 Å². The Morgan fingerprint density at radius 3 is 2.80 bits per heavy atom. The molecule has 1 atom stereocenters. The Hall–Kier alpha value is -0.390. The second-order valence-corrected chi connectivity index (χ2v) is 4.63. The number of halogens is 1. The number of aryl methyl sites for hydroxylation is 1. The van der Waals surface area contributed by atoms with Gasteiger partial charge in [-0.25, -0.2) is 0 Å². The summed E-state index contributed by atoms with van der Waals surface area (Å²) in [4.78, 5) is 0. The van der Waals surface area contributed by atoms with Gasteiger partial charge in [0, 0.05) is 19.1 Å². The van der Waals surface area contributed by atoms with Crippen molar-refractivity contribution in [3.63, 3.8) is 0 Å². The molecule has 0 bridgehead atoms. The molecular formula is C10H18BrN3O. The third-order valence-corrected chi connectivity index (χ3v) is 2.78. The van der Waals surface area contributed by atoms with Crippen LogP contribution in [0.15, 0.2) is 10.7 Å². The second-order valence-electron chi connectivity index (χ2n) is 3.77. The zero-order valence-corrected chi connectivity index (χ0v) is 11.0. The zero-order valence-electron chi connectivity index (χ0n) is 9.37. The largest absolute Gasteiger partial charge is 0.385 e. The average molecular weight is 276 g/mol. The average Bonchev–Trinajstić information content (AvgIpc) is 2.56. The highest BCUT2D eigenvalue weighted by Crippen LogP contribution is 2.22. The summed E-state index contributed by atoms with van der Waals surface area (Å²) in [5.74, 6) is 0. The lowest BCUT2D eigenvalue weighted by molar-refractivity contribution is 0.160.